The monoisotopic (exact) mass is 490 g/mol. The van der Waals surface area contributed by atoms with Crippen LogP contribution >= 0.6 is 11.6 Å². The minimum absolute atomic E-state index is 0.0520. The average molecular weight is 491 g/mol. The molecule has 2 aliphatic heterocycles. The molecule has 180 valence electrons. The van der Waals surface area contributed by atoms with Gasteiger partial charge < -0.3 is 4.74 Å². The summed E-state index contributed by atoms with van der Waals surface area (Å²) in [5.41, 5.74) is 2.06. The molecule has 7 heteroatoms. The number of aryl methyl sites for hydroxylation is 1. The van der Waals surface area contributed by atoms with E-state index >= 15 is 0 Å². The summed E-state index contributed by atoms with van der Waals surface area (Å²) in [4.78, 5) is 7.29. The van der Waals surface area contributed by atoms with E-state index in [1.54, 1.807) is 6.07 Å². The zero-order valence-corrected chi connectivity index (χ0v) is 21.8. The van der Waals surface area contributed by atoms with E-state index in [-0.39, 0.29) is 27.6 Å². The molecule has 1 unspecified atom stereocenters. The van der Waals surface area contributed by atoms with Gasteiger partial charge in [0.25, 0.3) is 0 Å². The van der Waals surface area contributed by atoms with Crippen LogP contribution in [0.15, 0.2) is 47.5 Å². The molecular formula is C26H35ClN2O3S. The maximum Gasteiger partial charge on any atom is 0.177 e. The van der Waals surface area contributed by atoms with Crippen molar-refractivity contribution in [2.75, 3.05) is 19.3 Å². The molecule has 0 N–H and O–H groups in total. The quantitative estimate of drug-likeness (QED) is 0.529. The van der Waals surface area contributed by atoms with Gasteiger partial charge in [-0.3, -0.25) is 9.88 Å². The molecule has 2 atom stereocenters. The van der Waals surface area contributed by atoms with Gasteiger partial charge in [-0.2, -0.15) is 0 Å². The predicted octanol–water partition coefficient (Wildman–Crippen LogP) is 5.27. The summed E-state index contributed by atoms with van der Waals surface area (Å²) in [6.07, 6.45) is 6.82. The molecule has 33 heavy (non-hydrogen) atoms. The van der Waals surface area contributed by atoms with Gasteiger partial charge in [-0.05, 0) is 83.3 Å². The second-order valence-corrected chi connectivity index (χ2v) is 13.4. The molecule has 2 aliphatic rings. The number of nitrogens with zero attached hydrogens (tertiary/aromatic N) is 2. The normalized spacial score (nSPS) is 25.7. The number of rotatable bonds is 7. The Kier molecular flexibility index (Phi) is 6.45. The molecule has 1 aromatic heterocycles. The Balaban J connectivity index is 1.53. The summed E-state index contributed by atoms with van der Waals surface area (Å²) in [5.74, 6) is 0. The van der Waals surface area contributed by atoms with Crippen LogP contribution in [0.25, 0.3) is 0 Å². The van der Waals surface area contributed by atoms with Gasteiger partial charge in [0.15, 0.2) is 9.84 Å². The van der Waals surface area contributed by atoms with Crippen LogP contribution < -0.4 is 0 Å². The van der Waals surface area contributed by atoms with Gasteiger partial charge in [0.1, 0.15) is 0 Å². The first kappa shape index (κ1) is 24.6. The maximum atomic E-state index is 11.8. The van der Waals surface area contributed by atoms with Crippen LogP contribution in [0.5, 0.6) is 0 Å². The fourth-order valence-electron chi connectivity index (χ4n) is 5.36. The standard InChI is InChI=1S/C26H35ClN2O3S/c1-24(2)16-23(32-24)26(13-12-21-10-11-22(17-28-21)33(5,30)31)14-15-29(18-26)25(3,4)19-6-8-20(27)9-7-19/h6-11,17,23H,12-16,18H2,1-5H3/t23?,26-/m1/s1. The molecule has 5 nitrogen and oxygen atoms in total. The van der Waals surface area contributed by atoms with Crippen molar-refractivity contribution in [1.82, 2.24) is 9.88 Å². The van der Waals surface area contributed by atoms with Crippen LogP contribution in [-0.2, 0) is 26.5 Å². The highest BCUT2D eigenvalue weighted by molar-refractivity contribution is 7.90. The first-order valence-corrected chi connectivity index (χ1v) is 13.9. The zero-order chi connectivity index (χ0) is 24.1. The molecule has 0 amide bonds. The topological polar surface area (TPSA) is 59.5 Å². The van der Waals surface area contributed by atoms with Crippen molar-refractivity contribution in [3.63, 3.8) is 0 Å². The van der Waals surface area contributed by atoms with Crippen LogP contribution in [0, 0.1) is 5.41 Å². The molecule has 0 aliphatic carbocycles. The van der Waals surface area contributed by atoms with Gasteiger partial charge in [-0.15, -0.1) is 0 Å². The Hall–Kier alpha value is -1.47. The van der Waals surface area contributed by atoms with Crippen molar-refractivity contribution in [2.45, 2.75) is 75.5 Å². The van der Waals surface area contributed by atoms with E-state index in [0.717, 1.165) is 49.5 Å². The second kappa shape index (κ2) is 8.63. The van der Waals surface area contributed by atoms with Crippen molar-refractivity contribution < 1.29 is 13.2 Å². The molecule has 2 saturated heterocycles. The summed E-state index contributed by atoms with van der Waals surface area (Å²) in [7, 11) is -3.23. The van der Waals surface area contributed by atoms with Crippen molar-refractivity contribution in [1.29, 1.82) is 0 Å². The third kappa shape index (κ3) is 5.14. The summed E-state index contributed by atoms with van der Waals surface area (Å²) in [6.45, 7) is 10.9. The lowest BCUT2D eigenvalue weighted by Gasteiger charge is -2.52. The summed E-state index contributed by atoms with van der Waals surface area (Å²) in [6, 6.07) is 11.7. The number of hydrogen-bond acceptors (Lipinski definition) is 5. The first-order chi connectivity index (χ1) is 15.3. The lowest BCUT2D eigenvalue weighted by molar-refractivity contribution is -0.231. The minimum Gasteiger partial charge on any atom is -0.372 e. The van der Waals surface area contributed by atoms with E-state index in [0.29, 0.717) is 0 Å². The number of hydrogen-bond donors (Lipinski definition) is 0. The molecule has 3 heterocycles. The van der Waals surface area contributed by atoms with Crippen molar-refractivity contribution in [3.05, 3.63) is 58.9 Å². The number of ether oxygens (including phenoxy) is 1. The van der Waals surface area contributed by atoms with Crippen LogP contribution in [0.2, 0.25) is 5.02 Å². The molecule has 4 rings (SSSR count). The highest BCUT2D eigenvalue weighted by Gasteiger charge is 2.54. The van der Waals surface area contributed by atoms with E-state index in [4.69, 9.17) is 16.3 Å². The van der Waals surface area contributed by atoms with Crippen molar-refractivity contribution in [2.24, 2.45) is 5.41 Å². The largest absolute Gasteiger partial charge is 0.372 e. The molecule has 2 fully saturated rings. The van der Waals surface area contributed by atoms with Gasteiger partial charge >= 0.3 is 0 Å². The summed E-state index contributed by atoms with van der Waals surface area (Å²) >= 11 is 6.13. The average Bonchev–Trinajstić information content (AvgIpc) is 3.17. The highest BCUT2D eigenvalue weighted by Crippen LogP contribution is 2.51. The number of aromatic nitrogens is 1. The molecular weight excluding hydrogens is 456 g/mol. The maximum absolute atomic E-state index is 11.8. The number of halogens is 1. The second-order valence-electron chi connectivity index (χ2n) is 10.9. The highest BCUT2D eigenvalue weighted by atomic mass is 35.5. The third-order valence-electron chi connectivity index (χ3n) is 7.65. The Morgan fingerprint density at radius 3 is 2.39 bits per heavy atom. The van der Waals surface area contributed by atoms with Gasteiger partial charge in [-0.1, -0.05) is 23.7 Å². The predicted molar refractivity (Wildman–Crippen MR) is 132 cm³/mol. The van der Waals surface area contributed by atoms with Gasteiger partial charge in [0, 0.05) is 47.1 Å². The molecule has 1 aromatic carbocycles. The Morgan fingerprint density at radius 2 is 1.85 bits per heavy atom. The van der Waals surface area contributed by atoms with E-state index in [1.807, 2.05) is 18.2 Å². The Morgan fingerprint density at radius 1 is 1.18 bits per heavy atom. The summed E-state index contributed by atoms with van der Waals surface area (Å²) in [5, 5.41) is 0.754. The molecule has 0 spiro atoms. The van der Waals surface area contributed by atoms with E-state index in [2.05, 4.69) is 49.7 Å². The van der Waals surface area contributed by atoms with Gasteiger partial charge in [0.2, 0.25) is 0 Å². The lowest BCUT2D eigenvalue weighted by Crippen LogP contribution is -2.56. The van der Waals surface area contributed by atoms with Crippen molar-refractivity contribution in [3.8, 4) is 0 Å². The fraction of sp³-hybridized carbons (Fsp3) is 0.577. The number of sulfone groups is 1. The molecule has 0 radical (unpaired) electrons. The number of benzene rings is 1. The smallest absolute Gasteiger partial charge is 0.177 e. The van der Waals surface area contributed by atoms with Gasteiger partial charge in [-0.25, -0.2) is 8.42 Å². The minimum atomic E-state index is -3.23. The van der Waals surface area contributed by atoms with Crippen LogP contribution in [0.4, 0.5) is 0 Å². The fourth-order valence-corrected chi connectivity index (χ4v) is 6.05. The van der Waals surface area contributed by atoms with E-state index < -0.39 is 9.84 Å². The third-order valence-corrected chi connectivity index (χ3v) is 9.00. The zero-order valence-electron chi connectivity index (χ0n) is 20.3. The van der Waals surface area contributed by atoms with Crippen LogP contribution in [-0.4, -0.2) is 49.4 Å². The number of pyridine rings is 1. The molecule has 2 aromatic rings. The molecule has 0 saturated carbocycles. The Bertz CT molecular complexity index is 1090. The van der Waals surface area contributed by atoms with E-state index in [9.17, 15) is 8.42 Å². The van der Waals surface area contributed by atoms with Crippen LogP contribution in [0.3, 0.4) is 0 Å². The SMILES string of the molecule is CC1(C)CC([C@]2(CCc3ccc(S(C)(=O)=O)cn3)CCN(C(C)(C)c3ccc(Cl)cc3)C2)O1. The first-order valence-electron chi connectivity index (χ1n) is 11.6. The van der Waals surface area contributed by atoms with E-state index in [1.165, 1.54) is 18.0 Å². The number of likely N-dealkylation sites (tertiary alicyclic amines) is 1. The van der Waals surface area contributed by atoms with Gasteiger partial charge in [0.05, 0.1) is 16.6 Å². The molecule has 0 bridgehead atoms. The summed E-state index contributed by atoms with van der Waals surface area (Å²) < 4.78 is 29.9. The van der Waals surface area contributed by atoms with Crippen molar-refractivity contribution >= 4 is 21.4 Å². The Labute approximate surface area is 203 Å². The van der Waals surface area contributed by atoms with Crippen LogP contribution in [0.1, 0.15) is 58.2 Å². The lowest BCUT2D eigenvalue weighted by atomic mass is 9.70.